The average molecular weight is 255 g/mol. The quantitative estimate of drug-likeness (QED) is 0.651. The summed E-state index contributed by atoms with van der Waals surface area (Å²) in [5, 5.41) is 0. The molecule has 3 rings (SSSR count). The van der Waals surface area contributed by atoms with Gasteiger partial charge in [0.15, 0.2) is 5.43 Å². The number of aromatic nitrogens is 1. The largest absolute Gasteiger partial charge is 0.347 e. The zero-order valence-corrected chi connectivity index (χ0v) is 11.1. The lowest BCUT2D eigenvalue weighted by Gasteiger charge is -2.04. The number of pyridine rings is 1. The zero-order valence-electron chi connectivity index (χ0n) is 10.3. The molecule has 0 saturated carbocycles. The Balaban J connectivity index is 2.33. The number of fused-ring (bicyclic) bond motifs is 1. The maximum Gasteiger partial charge on any atom is 0.199 e. The summed E-state index contributed by atoms with van der Waals surface area (Å²) in [6.07, 6.45) is 0. The van der Waals surface area contributed by atoms with Crippen LogP contribution >= 0.6 is 11.3 Å². The molecule has 0 amide bonds. The molecule has 0 spiro atoms. The number of hydrogen-bond donors (Lipinski definition) is 0. The van der Waals surface area contributed by atoms with Gasteiger partial charge in [-0.05, 0) is 18.6 Å². The first kappa shape index (κ1) is 11.2. The molecule has 3 aromatic rings. The molecule has 2 aromatic heterocycles. The first-order valence-corrected chi connectivity index (χ1v) is 6.64. The van der Waals surface area contributed by atoms with Crippen LogP contribution in [0.5, 0.6) is 0 Å². The molecule has 0 N–H and O–H groups in total. The summed E-state index contributed by atoms with van der Waals surface area (Å²) in [7, 11) is 2.00. The molecule has 3 heteroatoms. The predicted molar refractivity (Wildman–Crippen MR) is 77.2 cm³/mol. The van der Waals surface area contributed by atoms with Crippen LogP contribution in [0.4, 0.5) is 0 Å². The zero-order chi connectivity index (χ0) is 12.7. The van der Waals surface area contributed by atoms with E-state index in [2.05, 4.69) is 22.8 Å². The lowest BCUT2D eigenvalue weighted by atomic mass is 10.2. The Morgan fingerprint density at radius 1 is 1.11 bits per heavy atom. The summed E-state index contributed by atoms with van der Waals surface area (Å²) in [4.78, 5) is 13.1. The van der Waals surface area contributed by atoms with Gasteiger partial charge in [0.05, 0.1) is 10.2 Å². The van der Waals surface area contributed by atoms with Gasteiger partial charge in [-0.15, -0.1) is 11.3 Å². The van der Waals surface area contributed by atoms with Crippen molar-refractivity contribution in [1.82, 2.24) is 4.57 Å². The van der Waals surface area contributed by atoms with Crippen molar-refractivity contribution in [3.63, 3.8) is 0 Å². The number of hydrogen-bond acceptors (Lipinski definition) is 2. The fourth-order valence-electron chi connectivity index (χ4n) is 2.09. The molecular formula is C15H13NOS. The topological polar surface area (TPSA) is 22.0 Å². The van der Waals surface area contributed by atoms with Crippen molar-refractivity contribution in [3.05, 3.63) is 58.4 Å². The molecule has 90 valence electrons. The molecule has 2 heterocycles. The van der Waals surface area contributed by atoms with E-state index in [0.717, 1.165) is 26.4 Å². The average Bonchev–Trinajstić information content (AvgIpc) is 2.83. The van der Waals surface area contributed by atoms with Crippen molar-refractivity contribution >= 4 is 21.6 Å². The minimum absolute atomic E-state index is 0.118. The lowest BCUT2D eigenvalue weighted by Crippen LogP contribution is -2.06. The first-order chi connectivity index (χ1) is 8.66. The Morgan fingerprint density at radius 3 is 2.56 bits per heavy atom. The smallest absolute Gasteiger partial charge is 0.199 e. The van der Waals surface area contributed by atoms with Gasteiger partial charge < -0.3 is 4.57 Å². The second-order valence-corrected chi connectivity index (χ2v) is 5.45. The van der Waals surface area contributed by atoms with E-state index in [1.54, 1.807) is 17.4 Å². The van der Waals surface area contributed by atoms with Gasteiger partial charge >= 0.3 is 0 Å². The number of nitrogens with zero attached hydrogens (tertiary/aromatic N) is 1. The second-order valence-electron chi connectivity index (χ2n) is 4.40. The summed E-state index contributed by atoms with van der Waals surface area (Å²) in [5.74, 6) is 0. The molecule has 18 heavy (non-hydrogen) atoms. The van der Waals surface area contributed by atoms with E-state index in [4.69, 9.17) is 0 Å². The molecule has 1 aromatic carbocycles. The Hall–Kier alpha value is -1.87. The molecule has 0 aliphatic heterocycles. The Morgan fingerprint density at radius 2 is 1.83 bits per heavy atom. The minimum Gasteiger partial charge on any atom is -0.347 e. The fourth-order valence-corrected chi connectivity index (χ4v) is 3.20. The first-order valence-electron chi connectivity index (χ1n) is 5.82. The highest BCUT2D eigenvalue weighted by atomic mass is 32.1. The van der Waals surface area contributed by atoms with Crippen LogP contribution in [-0.2, 0) is 7.05 Å². The van der Waals surface area contributed by atoms with Crippen molar-refractivity contribution in [2.45, 2.75) is 6.92 Å². The van der Waals surface area contributed by atoms with Crippen LogP contribution in [0.1, 0.15) is 5.69 Å². The number of benzene rings is 1. The number of rotatable bonds is 1. The van der Waals surface area contributed by atoms with E-state index in [-0.39, 0.29) is 5.43 Å². The van der Waals surface area contributed by atoms with Gasteiger partial charge in [0.2, 0.25) is 0 Å². The second kappa shape index (κ2) is 4.10. The highest BCUT2D eigenvalue weighted by Gasteiger charge is 2.09. The summed E-state index contributed by atoms with van der Waals surface area (Å²) < 4.78 is 2.90. The fraction of sp³-hybridized carbons (Fsp3) is 0.133. The van der Waals surface area contributed by atoms with Crippen LogP contribution in [-0.4, -0.2) is 4.57 Å². The highest BCUT2D eigenvalue weighted by molar-refractivity contribution is 7.22. The molecule has 0 saturated heterocycles. The molecule has 0 unspecified atom stereocenters. The normalized spacial score (nSPS) is 11.0. The maximum absolute atomic E-state index is 12.0. The third-order valence-electron chi connectivity index (χ3n) is 3.22. The van der Waals surface area contributed by atoms with Gasteiger partial charge in [-0.3, -0.25) is 4.79 Å². The minimum atomic E-state index is 0.118. The third-order valence-corrected chi connectivity index (χ3v) is 4.41. The van der Waals surface area contributed by atoms with Gasteiger partial charge in [0.25, 0.3) is 0 Å². The molecule has 0 aliphatic rings. The van der Waals surface area contributed by atoms with E-state index < -0.39 is 0 Å². The van der Waals surface area contributed by atoms with Crippen molar-refractivity contribution in [2.24, 2.45) is 7.05 Å². The van der Waals surface area contributed by atoms with Crippen LogP contribution < -0.4 is 5.43 Å². The number of thiophene rings is 1. The summed E-state index contributed by atoms with van der Waals surface area (Å²) in [5.41, 5.74) is 3.29. The molecule has 0 radical (unpaired) electrons. The van der Waals surface area contributed by atoms with Crippen LogP contribution in [0.25, 0.3) is 20.7 Å². The van der Waals surface area contributed by atoms with E-state index in [9.17, 15) is 4.79 Å². The van der Waals surface area contributed by atoms with Crippen molar-refractivity contribution in [1.29, 1.82) is 0 Å². The van der Waals surface area contributed by atoms with Gasteiger partial charge in [-0.25, -0.2) is 0 Å². The standard InChI is InChI=1S/C15H13NOS/c1-10-8-13(17)15-12(16(10)2)9-14(18-15)11-6-4-3-5-7-11/h3-9H,1-2H3. The summed E-state index contributed by atoms with van der Waals surface area (Å²) in [6.45, 7) is 1.96. The van der Waals surface area contributed by atoms with Gasteiger partial charge in [0.1, 0.15) is 0 Å². The Labute approximate surface area is 109 Å². The summed E-state index contributed by atoms with van der Waals surface area (Å²) in [6, 6.07) is 14.0. The highest BCUT2D eigenvalue weighted by Crippen LogP contribution is 2.31. The van der Waals surface area contributed by atoms with Crippen molar-refractivity contribution < 1.29 is 0 Å². The number of aryl methyl sites for hydroxylation is 2. The molecule has 0 atom stereocenters. The van der Waals surface area contributed by atoms with E-state index in [1.165, 1.54) is 0 Å². The van der Waals surface area contributed by atoms with Gasteiger partial charge in [0, 0.05) is 23.7 Å². The molecular weight excluding hydrogens is 242 g/mol. The van der Waals surface area contributed by atoms with E-state index in [0.29, 0.717) is 0 Å². The summed E-state index contributed by atoms with van der Waals surface area (Å²) >= 11 is 1.57. The lowest BCUT2D eigenvalue weighted by molar-refractivity contribution is 0.900. The van der Waals surface area contributed by atoms with Crippen LogP contribution in [0.3, 0.4) is 0 Å². The van der Waals surface area contributed by atoms with E-state index in [1.807, 2.05) is 32.2 Å². The van der Waals surface area contributed by atoms with Gasteiger partial charge in [-0.1, -0.05) is 30.3 Å². The monoisotopic (exact) mass is 255 g/mol. The maximum atomic E-state index is 12.0. The Bertz CT molecular complexity index is 768. The van der Waals surface area contributed by atoms with Crippen LogP contribution in [0.15, 0.2) is 47.3 Å². The SMILES string of the molecule is Cc1cc(=O)c2sc(-c3ccccc3)cc2n1C. The molecule has 0 bridgehead atoms. The molecule has 0 aliphatic carbocycles. The van der Waals surface area contributed by atoms with Crippen molar-refractivity contribution in [3.8, 4) is 10.4 Å². The molecule has 0 fully saturated rings. The van der Waals surface area contributed by atoms with E-state index >= 15 is 0 Å². The van der Waals surface area contributed by atoms with Crippen molar-refractivity contribution in [2.75, 3.05) is 0 Å². The van der Waals surface area contributed by atoms with Crippen LogP contribution in [0, 0.1) is 6.92 Å². The van der Waals surface area contributed by atoms with Gasteiger partial charge in [-0.2, -0.15) is 0 Å². The van der Waals surface area contributed by atoms with Crippen LogP contribution in [0.2, 0.25) is 0 Å². The Kier molecular flexibility index (Phi) is 2.56. The molecule has 2 nitrogen and oxygen atoms in total. The predicted octanol–water partition coefficient (Wildman–Crippen LogP) is 3.58. The third kappa shape index (κ3) is 1.68.